The summed E-state index contributed by atoms with van der Waals surface area (Å²) in [5.74, 6) is 0.0550. The van der Waals surface area contributed by atoms with Crippen LogP contribution in [0.2, 0.25) is 0 Å². The van der Waals surface area contributed by atoms with Crippen LogP contribution in [0.15, 0.2) is 33.2 Å². The zero-order valence-corrected chi connectivity index (χ0v) is 11.6. The Bertz CT molecular complexity index is 636. The van der Waals surface area contributed by atoms with E-state index in [2.05, 4.69) is 31.9 Å². The Hall–Kier alpha value is -0.870. The maximum absolute atomic E-state index is 12.0. The number of amides is 1. The van der Waals surface area contributed by atoms with E-state index in [9.17, 15) is 4.79 Å². The molecule has 0 fully saturated rings. The summed E-state index contributed by atoms with van der Waals surface area (Å²) in [4.78, 5) is 13.7. The number of carbonyl (C=O) groups is 1. The van der Waals surface area contributed by atoms with E-state index in [1.54, 1.807) is 11.9 Å². The van der Waals surface area contributed by atoms with E-state index in [1.165, 1.54) is 0 Å². The first-order valence-electron chi connectivity index (χ1n) is 4.80. The molecule has 0 saturated carbocycles. The van der Waals surface area contributed by atoms with E-state index >= 15 is 0 Å². The lowest BCUT2D eigenvalue weighted by Crippen LogP contribution is -2.20. The molecule has 0 unspecified atom stereocenters. The molecule has 1 amide bonds. The van der Waals surface area contributed by atoms with Crippen LogP contribution in [0, 0.1) is 0 Å². The van der Waals surface area contributed by atoms with Crippen molar-refractivity contribution in [3.05, 3.63) is 38.8 Å². The molecule has 0 radical (unpaired) electrons. The number of rotatable bonds is 0. The second-order valence-corrected chi connectivity index (χ2v) is 5.49. The van der Waals surface area contributed by atoms with Crippen molar-refractivity contribution in [3.8, 4) is 0 Å². The highest BCUT2D eigenvalue weighted by molar-refractivity contribution is 9.11. The Kier molecular flexibility index (Phi) is 2.13. The van der Waals surface area contributed by atoms with Crippen molar-refractivity contribution in [2.24, 2.45) is 0 Å². The van der Waals surface area contributed by atoms with Gasteiger partial charge in [0, 0.05) is 26.9 Å². The molecule has 0 spiro atoms. The van der Waals surface area contributed by atoms with Crippen LogP contribution in [0.5, 0.6) is 0 Å². The van der Waals surface area contributed by atoms with Crippen molar-refractivity contribution in [1.82, 2.24) is 0 Å². The Morgan fingerprint density at radius 2 is 1.94 bits per heavy atom. The SMILES string of the molecule is CN1C(=O)c2cccc3c(Br)cc(Br)c1c23. The Morgan fingerprint density at radius 1 is 1.19 bits per heavy atom. The smallest absolute Gasteiger partial charge is 0.258 e. The first-order chi connectivity index (χ1) is 7.61. The third-order valence-corrected chi connectivity index (χ3v) is 4.17. The van der Waals surface area contributed by atoms with E-state index in [1.807, 2.05) is 24.3 Å². The molecule has 2 aromatic carbocycles. The summed E-state index contributed by atoms with van der Waals surface area (Å²) in [5, 5.41) is 2.10. The average Bonchev–Trinajstić information content (AvgIpc) is 2.51. The lowest BCUT2D eigenvalue weighted by molar-refractivity contribution is 0.0999. The van der Waals surface area contributed by atoms with E-state index in [4.69, 9.17) is 0 Å². The summed E-state index contributed by atoms with van der Waals surface area (Å²) in [6.45, 7) is 0. The molecule has 0 bridgehead atoms. The first-order valence-corrected chi connectivity index (χ1v) is 6.38. The highest BCUT2D eigenvalue weighted by Gasteiger charge is 2.29. The van der Waals surface area contributed by atoms with Gasteiger partial charge in [0.15, 0.2) is 0 Å². The van der Waals surface area contributed by atoms with Gasteiger partial charge in [-0.1, -0.05) is 28.1 Å². The van der Waals surface area contributed by atoms with Crippen molar-refractivity contribution in [1.29, 1.82) is 0 Å². The second-order valence-electron chi connectivity index (χ2n) is 3.78. The number of anilines is 1. The third-order valence-electron chi connectivity index (χ3n) is 2.91. The van der Waals surface area contributed by atoms with Gasteiger partial charge in [0.25, 0.3) is 5.91 Å². The molecule has 0 atom stereocenters. The maximum Gasteiger partial charge on any atom is 0.258 e. The molecule has 16 heavy (non-hydrogen) atoms. The fraction of sp³-hybridized carbons (Fsp3) is 0.0833. The van der Waals surface area contributed by atoms with Crippen LogP contribution in [-0.4, -0.2) is 13.0 Å². The second kappa shape index (κ2) is 3.31. The van der Waals surface area contributed by atoms with Gasteiger partial charge in [0.1, 0.15) is 0 Å². The van der Waals surface area contributed by atoms with E-state index in [0.29, 0.717) is 0 Å². The van der Waals surface area contributed by atoms with Gasteiger partial charge < -0.3 is 4.90 Å². The highest BCUT2D eigenvalue weighted by atomic mass is 79.9. The van der Waals surface area contributed by atoms with E-state index in [-0.39, 0.29) is 5.91 Å². The summed E-state index contributed by atoms with van der Waals surface area (Å²) in [7, 11) is 1.80. The van der Waals surface area contributed by atoms with Crippen molar-refractivity contribution in [2.75, 3.05) is 11.9 Å². The zero-order valence-electron chi connectivity index (χ0n) is 8.42. The lowest BCUT2D eigenvalue weighted by atomic mass is 10.1. The summed E-state index contributed by atoms with van der Waals surface area (Å²) in [6.07, 6.45) is 0. The van der Waals surface area contributed by atoms with E-state index < -0.39 is 0 Å². The molecule has 1 heterocycles. The number of halogens is 2. The van der Waals surface area contributed by atoms with Gasteiger partial charge >= 0.3 is 0 Å². The minimum atomic E-state index is 0.0550. The fourth-order valence-electron chi connectivity index (χ4n) is 2.17. The topological polar surface area (TPSA) is 20.3 Å². The van der Waals surface area contributed by atoms with Crippen molar-refractivity contribution >= 4 is 54.2 Å². The van der Waals surface area contributed by atoms with Gasteiger partial charge in [-0.25, -0.2) is 0 Å². The zero-order chi connectivity index (χ0) is 11.4. The molecule has 0 aliphatic carbocycles. The number of hydrogen-bond donors (Lipinski definition) is 0. The number of hydrogen-bond acceptors (Lipinski definition) is 1. The van der Waals surface area contributed by atoms with E-state index in [0.717, 1.165) is 31.0 Å². The van der Waals surface area contributed by atoms with Crippen LogP contribution < -0.4 is 4.90 Å². The largest absolute Gasteiger partial charge is 0.310 e. The summed E-state index contributed by atoms with van der Waals surface area (Å²) < 4.78 is 1.94. The van der Waals surface area contributed by atoms with Crippen molar-refractivity contribution in [3.63, 3.8) is 0 Å². The van der Waals surface area contributed by atoms with Crippen LogP contribution in [0.25, 0.3) is 10.8 Å². The van der Waals surface area contributed by atoms with Crippen molar-refractivity contribution < 1.29 is 4.79 Å². The van der Waals surface area contributed by atoms with Crippen LogP contribution in [-0.2, 0) is 0 Å². The van der Waals surface area contributed by atoms with Gasteiger partial charge in [-0.2, -0.15) is 0 Å². The molecular weight excluding hydrogens is 334 g/mol. The Morgan fingerprint density at radius 3 is 2.69 bits per heavy atom. The lowest BCUT2D eigenvalue weighted by Gasteiger charge is -2.12. The molecule has 2 aromatic rings. The van der Waals surface area contributed by atoms with Gasteiger partial charge in [-0.05, 0) is 33.4 Å². The molecular formula is C12H7Br2NO. The summed E-state index contributed by atoms with van der Waals surface area (Å²) in [6, 6.07) is 7.79. The minimum absolute atomic E-state index is 0.0550. The molecule has 1 aliphatic rings. The summed E-state index contributed by atoms with van der Waals surface area (Å²) >= 11 is 7.03. The predicted octanol–water partition coefficient (Wildman–Crippen LogP) is 3.95. The van der Waals surface area contributed by atoms with Crippen LogP contribution in [0.3, 0.4) is 0 Å². The Labute approximate surface area is 109 Å². The molecule has 0 saturated heterocycles. The predicted molar refractivity (Wildman–Crippen MR) is 72.1 cm³/mol. The first kappa shape index (κ1) is 10.3. The van der Waals surface area contributed by atoms with Crippen LogP contribution in [0.4, 0.5) is 5.69 Å². The summed E-state index contributed by atoms with van der Waals surface area (Å²) in [5.41, 5.74) is 1.73. The molecule has 1 aliphatic heterocycles. The standard InChI is InChI=1S/C12H7Br2NO/c1-15-11-9(14)5-8(13)6-3-2-4-7(10(6)11)12(15)16/h2-5H,1H3. The maximum atomic E-state index is 12.0. The molecule has 4 heteroatoms. The van der Waals surface area contributed by atoms with Gasteiger partial charge in [0.05, 0.1) is 5.69 Å². The minimum Gasteiger partial charge on any atom is -0.310 e. The molecule has 0 aromatic heterocycles. The van der Waals surface area contributed by atoms with Gasteiger partial charge in [0.2, 0.25) is 0 Å². The number of benzene rings is 2. The quantitative estimate of drug-likeness (QED) is 0.711. The van der Waals surface area contributed by atoms with Gasteiger partial charge in [-0.15, -0.1) is 0 Å². The Balaban J connectivity index is 2.59. The van der Waals surface area contributed by atoms with Crippen LogP contribution >= 0.6 is 31.9 Å². The molecule has 0 N–H and O–H groups in total. The number of nitrogens with zero attached hydrogens (tertiary/aromatic N) is 1. The molecule has 3 rings (SSSR count). The average molecular weight is 341 g/mol. The van der Waals surface area contributed by atoms with Crippen LogP contribution in [0.1, 0.15) is 10.4 Å². The van der Waals surface area contributed by atoms with Crippen molar-refractivity contribution in [2.45, 2.75) is 0 Å². The fourth-order valence-corrected chi connectivity index (χ4v) is 3.73. The normalized spacial score (nSPS) is 13.9. The highest BCUT2D eigenvalue weighted by Crippen LogP contribution is 2.44. The van der Waals surface area contributed by atoms with Gasteiger partial charge in [-0.3, -0.25) is 4.79 Å². The third kappa shape index (κ3) is 1.14. The number of carbonyl (C=O) groups excluding carboxylic acids is 1. The molecule has 80 valence electrons. The monoisotopic (exact) mass is 339 g/mol. The molecule has 2 nitrogen and oxygen atoms in total.